The van der Waals surface area contributed by atoms with Crippen molar-refractivity contribution in [3.8, 4) is 0 Å². The third kappa shape index (κ3) is 3.12. The van der Waals surface area contributed by atoms with Gasteiger partial charge in [-0.1, -0.05) is 28.1 Å². The minimum atomic E-state index is -2.17. The molecule has 2 aromatic carbocycles. The number of anilines is 1. The smallest absolute Gasteiger partial charge is 0.195 e. The lowest BCUT2D eigenvalue weighted by Crippen LogP contribution is -2.10. The van der Waals surface area contributed by atoms with Crippen molar-refractivity contribution in [3.63, 3.8) is 0 Å². The number of ketones is 1. The van der Waals surface area contributed by atoms with Gasteiger partial charge in [0.25, 0.3) is 0 Å². The first kappa shape index (κ1) is 13.7. The Bertz CT molecular complexity index is 819. The number of benzene rings is 2. The zero-order valence-corrected chi connectivity index (χ0v) is 14.2. The third-order valence-electron chi connectivity index (χ3n) is 3.53. The van der Waals surface area contributed by atoms with Gasteiger partial charge in [0.2, 0.25) is 0 Å². The van der Waals surface area contributed by atoms with Gasteiger partial charge in [-0.3, -0.25) is 4.79 Å². The van der Waals surface area contributed by atoms with Gasteiger partial charge in [-0.2, -0.15) is 0 Å². The largest absolute Gasteiger partial charge is 0.387 e. The van der Waals surface area contributed by atoms with Crippen molar-refractivity contribution in [3.05, 3.63) is 62.6 Å². The fourth-order valence-corrected chi connectivity index (χ4v) is 2.62. The molecule has 114 valence electrons. The van der Waals surface area contributed by atoms with E-state index in [0.717, 1.165) is 15.6 Å². The molecule has 0 aliphatic rings. The van der Waals surface area contributed by atoms with E-state index < -0.39 is 6.37 Å². The van der Waals surface area contributed by atoms with Crippen LogP contribution >= 0.6 is 15.9 Å². The number of nitrogens with one attached hydrogen (secondary N) is 1. The van der Waals surface area contributed by atoms with Crippen molar-refractivity contribution < 1.29 is 12.3 Å². The number of carbonyl (C=O) groups is 2. The Morgan fingerprint density at radius 2 is 2.00 bits per heavy atom. The van der Waals surface area contributed by atoms with Gasteiger partial charge in [0.15, 0.2) is 5.78 Å². The summed E-state index contributed by atoms with van der Waals surface area (Å²) in [6, 6.07) is 8.52. The van der Waals surface area contributed by atoms with E-state index in [4.69, 9.17) is 2.74 Å². The number of hydrogen-bond donors (Lipinski definition) is 1. The summed E-state index contributed by atoms with van der Waals surface area (Å²) in [6.45, 7) is 3.69. The minimum absolute atomic E-state index is 0.155. The molecule has 4 heteroatoms. The first-order chi connectivity index (χ1) is 11.2. The molecule has 0 amide bonds. The predicted octanol–water partition coefficient (Wildman–Crippen LogP) is 4.08. The Morgan fingerprint density at radius 3 is 2.59 bits per heavy atom. The second-order valence-electron chi connectivity index (χ2n) is 4.99. The zero-order valence-electron chi connectivity index (χ0n) is 14.7. The van der Waals surface area contributed by atoms with E-state index in [-0.39, 0.29) is 17.6 Å². The first-order valence-corrected chi connectivity index (χ1v) is 7.61. The van der Waals surface area contributed by atoms with Gasteiger partial charge in [-0.25, -0.2) is 0 Å². The maximum absolute atomic E-state index is 13.0. The normalized spacial score (nSPS) is 12.4. The highest BCUT2D eigenvalue weighted by molar-refractivity contribution is 9.10. The lowest BCUT2D eigenvalue weighted by molar-refractivity contribution is -0.107. The summed E-state index contributed by atoms with van der Waals surface area (Å²) in [4.78, 5) is 24.1. The molecule has 0 bridgehead atoms. The molecular formula is C18H18BrNO2. The van der Waals surface area contributed by atoms with Crippen LogP contribution in [0.2, 0.25) is 0 Å². The van der Waals surface area contributed by atoms with Crippen LogP contribution in [0.15, 0.2) is 34.8 Å². The number of aldehydes is 1. The van der Waals surface area contributed by atoms with Gasteiger partial charge in [-0.15, -0.1) is 0 Å². The van der Waals surface area contributed by atoms with Crippen LogP contribution in [0.5, 0.6) is 0 Å². The summed E-state index contributed by atoms with van der Waals surface area (Å²) >= 11 is 3.41. The molecule has 0 fully saturated rings. The van der Waals surface area contributed by atoms with Crippen molar-refractivity contribution in [2.75, 3.05) is 12.4 Å². The molecule has 0 heterocycles. The number of rotatable bonds is 5. The van der Waals surface area contributed by atoms with Gasteiger partial charge < -0.3 is 10.1 Å². The van der Waals surface area contributed by atoms with Gasteiger partial charge in [-0.05, 0) is 48.7 Å². The first-order valence-electron chi connectivity index (χ1n) is 7.82. The SMILES string of the molecule is [2H]C([2H])(C=O)c1ccc(C)c(C(=O)c2ccc(Br)c(C)c2)c1NC. The summed E-state index contributed by atoms with van der Waals surface area (Å²) in [5.41, 5.74) is 3.04. The van der Waals surface area contributed by atoms with E-state index in [9.17, 15) is 9.59 Å². The molecule has 1 N–H and O–H groups in total. The van der Waals surface area contributed by atoms with Crippen LogP contribution < -0.4 is 5.32 Å². The van der Waals surface area contributed by atoms with Crippen LogP contribution in [0.25, 0.3) is 0 Å². The molecule has 0 atom stereocenters. The summed E-state index contributed by atoms with van der Waals surface area (Å²) in [7, 11) is 1.61. The zero-order chi connectivity index (χ0) is 18.1. The van der Waals surface area contributed by atoms with Gasteiger partial charge in [0.05, 0.1) is 0 Å². The van der Waals surface area contributed by atoms with Gasteiger partial charge in [0.1, 0.15) is 6.29 Å². The minimum Gasteiger partial charge on any atom is -0.387 e. The van der Waals surface area contributed by atoms with Crippen LogP contribution in [0.3, 0.4) is 0 Å². The Balaban J connectivity index is 2.68. The number of halogens is 1. The molecule has 0 saturated carbocycles. The predicted molar refractivity (Wildman–Crippen MR) is 92.8 cm³/mol. The Kier molecular flexibility index (Phi) is 4.29. The summed E-state index contributed by atoms with van der Waals surface area (Å²) in [5.74, 6) is -0.212. The highest BCUT2D eigenvalue weighted by atomic mass is 79.9. The van der Waals surface area contributed by atoms with E-state index in [1.165, 1.54) is 0 Å². The molecule has 2 rings (SSSR count). The Morgan fingerprint density at radius 1 is 1.27 bits per heavy atom. The van der Waals surface area contributed by atoms with E-state index in [2.05, 4.69) is 21.2 Å². The average molecular weight is 362 g/mol. The molecule has 0 radical (unpaired) electrons. The van der Waals surface area contributed by atoms with E-state index >= 15 is 0 Å². The highest BCUT2D eigenvalue weighted by Crippen LogP contribution is 2.28. The maximum atomic E-state index is 13.0. The topological polar surface area (TPSA) is 46.2 Å². The van der Waals surface area contributed by atoms with E-state index in [1.807, 2.05) is 13.0 Å². The number of hydrogen-bond acceptors (Lipinski definition) is 3. The van der Waals surface area contributed by atoms with Gasteiger partial charge in [0, 0.05) is 37.4 Å². The summed E-state index contributed by atoms with van der Waals surface area (Å²) < 4.78 is 16.7. The van der Waals surface area contributed by atoms with E-state index in [0.29, 0.717) is 16.8 Å². The molecule has 22 heavy (non-hydrogen) atoms. The second kappa shape index (κ2) is 6.88. The fraction of sp³-hybridized carbons (Fsp3) is 0.222. The van der Waals surface area contributed by atoms with Crippen molar-refractivity contribution in [2.45, 2.75) is 20.2 Å². The summed E-state index contributed by atoms with van der Waals surface area (Å²) in [5, 5.41) is 2.89. The Hall–Kier alpha value is -1.94. The summed E-state index contributed by atoms with van der Waals surface area (Å²) in [6.07, 6.45) is -1.92. The quantitative estimate of drug-likeness (QED) is 0.644. The lowest BCUT2D eigenvalue weighted by atomic mass is 9.93. The molecule has 0 aliphatic carbocycles. The van der Waals surface area contributed by atoms with Crippen molar-refractivity contribution in [1.82, 2.24) is 0 Å². The molecule has 0 saturated heterocycles. The van der Waals surface area contributed by atoms with Crippen molar-refractivity contribution >= 4 is 33.7 Å². The van der Waals surface area contributed by atoms with Gasteiger partial charge >= 0.3 is 0 Å². The molecule has 0 aliphatic heterocycles. The second-order valence-corrected chi connectivity index (χ2v) is 5.84. The van der Waals surface area contributed by atoms with Crippen LogP contribution in [-0.2, 0) is 11.2 Å². The number of aryl methyl sites for hydroxylation is 2. The average Bonchev–Trinajstić information content (AvgIpc) is 2.56. The standard InChI is InChI=1S/C18H18BrNO2/c1-11-4-5-13(8-9-21)17(20-3)16(11)18(22)14-6-7-15(19)12(2)10-14/h4-7,9-10,20H,8H2,1-3H3/i8D2. The molecular weight excluding hydrogens is 342 g/mol. The van der Waals surface area contributed by atoms with Crippen molar-refractivity contribution in [1.29, 1.82) is 0 Å². The molecule has 3 nitrogen and oxygen atoms in total. The molecule has 0 spiro atoms. The van der Waals surface area contributed by atoms with Crippen LogP contribution in [0.4, 0.5) is 5.69 Å². The monoisotopic (exact) mass is 361 g/mol. The van der Waals surface area contributed by atoms with Crippen molar-refractivity contribution in [2.24, 2.45) is 0 Å². The lowest BCUT2D eigenvalue weighted by Gasteiger charge is -2.15. The fourth-order valence-electron chi connectivity index (χ4n) is 2.37. The van der Waals surface area contributed by atoms with Crippen LogP contribution in [-0.4, -0.2) is 19.1 Å². The van der Waals surface area contributed by atoms with Crippen LogP contribution in [0.1, 0.15) is 35.4 Å². The Labute approximate surface area is 141 Å². The van der Waals surface area contributed by atoms with Crippen LogP contribution in [0, 0.1) is 13.8 Å². The molecule has 0 aromatic heterocycles. The highest BCUT2D eigenvalue weighted by Gasteiger charge is 2.19. The molecule has 2 aromatic rings. The van der Waals surface area contributed by atoms with E-state index in [1.54, 1.807) is 38.2 Å². The molecule has 0 unspecified atom stereocenters. The maximum Gasteiger partial charge on any atom is 0.195 e. The third-order valence-corrected chi connectivity index (χ3v) is 4.42. The number of carbonyl (C=O) groups excluding carboxylic acids is 2.